The molecule has 0 spiro atoms. The average molecular weight is 392 g/mol. The van der Waals surface area contributed by atoms with Gasteiger partial charge in [-0.15, -0.1) is 0 Å². The Morgan fingerprint density at radius 2 is 1.93 bits per heavy atom. The van der Waals surface area contributed by atoms with Gasteiger partial charge in [-0.2, -0.15) is 0 Å². The van der Waals surface area contributed by atoms with Crippen molar-refractivity contribution in [1.82, 2.24) is 9.80 Å². The fourth-order valence-electron chi connectivity index (χ4n) is 3.24. The van der Waals surface area contributed by atoms with Crippen molar-refractivity contribution in [1.29, 1.82) is 0 Å². The van der Waals surface area contributed by atoms with Gasteiger partial charge in [0.2, 0.25) is 0 Å². The number of halogens is 2. The van der Waals surface area contributed by atoms with E-state index in [-0.39, 0.29) is 23.0 Å². The molecule has 8 heteroatoms. The van der Waals surface area contributed by atoms with E-state index in [0.717, 1.165) is 5.56 Å². The summed E-state index contributed by atoms with van der Waals surface area (Å²) < 4.78 is 13.2. The quantitative estimate of drug-likeness (QED) is 0.589. The molecule has 142 valence electrons. The summed E-state index contributed by atoms with van der Waals surface area (Å²) in [6.45, 7) is 4.33. The first-order valence-corrected chi connectivity index (χ1v) is 8.94. The highest BCUT2D eigenvalue weighted by molar-refractivity contribution is 6.31. The van der Waals surface area contributed by atoms with Crippen LogP contribution in [-0.2, 0) is 6.54 Å². The van der Waals surface area contributed by atoms with Crippen LogP contribution in [0, 0.1) is 22.9 Å². The first-order chi connectivity index (χ1) is 12.9. The van der Waals surface area contributed by atoms with Gasteiger partial charge in [0.25, 0.3) is 11.6 Å². The van der Waals surface area contributed by atoms with E-state index in [1.165, 1.54) is 18.2 Å². The van der Waals surface area contributed by atoms with Gasteiger partial charge < -0.3 is 4.90 Å². The van der Waals surface area contributed by atoms with Crippen molar-refractivity contribution in [2.45, 2.75) is 13.5 Å². The second kappa shape index (κ2) is 8.02. The van der Waals surface area contributed by atoms with E-state index in [1.807, 2.05) is 0 Å². The smallest absolute Gasteiger partial charge is 0.285 e. The van der Waals surface area contributed by atoms with Crippen LogP contribution in [0.3, 0.4) is 0 Å². The summed E-state index contributed by atoms with van der Waals surface area (Å²) in [5, 5.41) is 11.7. The van der Waals surface area contributed by atoms with Crippen LogP contribution in [0.1, 0.15) is 21.5 Å². The number of carbonyl (C=O) groups is 1. The van der Waals surface area contributed by atoms with Gasteiger partial charge in [0, 0.05) is 43.3 Å². The minimum Gasteiger partial charge on any atom is -0.336 e. The maximum Gasteiger partial charge on any atom is 0.285 e. The molecule has 3 rings (SSSR count). The molecule has 0 atom stereocenters. The van der Waals surface area contributed by atoms with E-state index in [1.54, 1.807) is 30.0 Å². The molecule has 0 N–H and O–H groups in total. The number of hydrogen-bond acceptors (Lipinski definition) is 4. The number of nitro groups is 1. The molecule has 1 amide bonds. The molecular weight excluding hydrogens is 373 g/mol. The Kier molecular flexibility index (Phi) is 5.72. The molecule has 6 nitrogen and oxygen atoms in total. The minimum atomic E-state index is -0.505. The molecular formula is C19H19ClFN3O3. The van der Waals surface area contributed by atoms with Crippen molar-refractivity contribution in [3.8, 4) is 0 Å². The molecule has 0 saturated carbocycles. The predicted octanol–water partition coefficient (Wildman–Crippen LogP) is 3.65. The zero-order valence-electron chi connectivity index (χ0n) is 14.8. The first-order valence-electron chi connectivity index (χ1n) is 8.56. The van der Waals surface area contributed by atoms with E-state index in [4.69, 9.17) is 11.6 Å². The Morgan fingerprint density at radius 1 is 1.22 bits per heavy atom. The Labute approximate surface area is 161 Å². The van der Waals surface area contributed by atoms with Gasteiger partial charge in [-0.05, 0) is 30.7 Å². The van der Waals surface area contributed by atoms with Crippen molar-refractivity contribution in [2.75, 3.05) is 26.2 Å². The molecule has 1 aliphatic heterocycles. The van der Waals surface area contributed by atoms with Crippen LogP contribution in [0.5, 0.6) is 0 Å². The third-order valence-electron chi connectivity index (χ3n) is 4.72. The van der Waals surface area contributed by atoms with Gasteiger partial charge in [0.05, 0.1) is 4.92 Å². The van der Waals surface area contributed by atoms with Crippen LogP contribution in [-0.4, -0.2) is 46.8 Å². The third kappa shape index (κ3) is 4.26. The SMILES string of the molecule is Cc1cccc(C(=O)N2CCN(Cc3ccc(F)cc3Cl)CC2)c1[N+](=O)[O-]. The second-order valence-electron chi connectivity index (χ2n) is 6.53. The summed E-state index contributed by atoms with van der Waals surface area (Å²) in [7, 11) is 0. The van der Waals surface area contributed by atoms with Crippen molar-refractivity contribution >= 4 is 23.2 Å². The van der Waals surface area contributed by atoms with Gasteiger partial charge in [-0.25, -0.2) is 4.39 Å². The van der Waals surface area contributed by atoms with Gasteiger partial charge in [-0.1, -0.05) is 29.8 Å². The maximum absolute atomic E-state index is 13.2. The summed E-state index contributed by atoms with van der Waals surface area (Å²) in [5.74, 6) is -0.705. The highest BCUT2D eigenvalue weighted by Crippen LogP contribution is 2.25. The highest BCUT2D eigenvalue weighted by atomic mass is 35.5. The monoisotopic (exact) mass is 391 g/mol. The molecule has 0 aromatic heterocycles. The summed E-state index contributed by atoms with van der Waals surface area (Å²) in [5.41, 5.74) is 1.28. The molecule has 1 aliphatic rings. The summed E-state index contributed by atoms with van der Waals surface area (Å²) >= 11 is 6.07. The number of nitrogens with zero attached hydrogens (tertiary/aromatic N) is 3. The Morgan fingerprint density at radius 3 is 2.56 bits per heavy atom. The lowest BCUT2D eigenvalue weighted by Gasteiger charge is -2.34. The van der Waals surface area contributed by atoms with Crippen LogP contribution in [0.15, 0.2) is 36.4 Å². The average Bonchev–Trinajstić information content (AvgIpc) is 2.63. The van der Waals surface area contributed by atoms with E-state index >= 15 is 0 Å². The van der Waals surface area contributed by atoms with Gasteiger partial charge >= 0.3 is 0 Å². The number of carbonyl (C=O) groups excluding carboxylic acids is 1. The van der Waals surface area contributed by atoms with Gasteiger partial charge in [-0.3, -0.25) is 19.8 Å². The minimum absolute atomic E-state index is 0.120. The van der Waals surface area contributed by atoms with Crippen LogP contribution in [0.4, 0.5) is 10.1 Å². The number of hydrogen-bond donors (Lipinski definition) is 0. The zero-order chi connectivity index (χ0) is 19.6. The van der Waals surface area contributed by atoms with Gasteiger partial charge in [0.1, 0.15) is 11.4 Å². The lowest BCUT2D eigenvalue weighted by Crippen LogP contribution is -2.48. The molecule has 1 fully saturated rings. The number of aryl methyl sites for hydroxylation is 1. The van der Waals surface area contributed by atoms with Gasteiger partial charge in [0.15, 0.2) is 0 Å². The highest BCUT2D eigenvalue weighted by Gasteiger charge is 2.28. The van der Waals surface area contributed by atoms with Crippen LogP contribution in [0.2, 0.25) is 5.02 Å². The Bertz CT molecular complexity index is 882. The standard InChI is InChI=1S/C19H19ClFN3O3/c1-13-3-2-4-16(18(13)24(26)27)19(25)23-9-7-22(8-10-23)12-14-5-6-15(21)11-17(14)20/h2-6,11H,7-10,12H2,1H3. The van der Waals surface area contributed by atoms with E-state index in [0.29, 0.717) is 43.3 Å². The second-order valence-corrected chi connectivity index (χ2v) is 6.94. The fourth-order valence-corrected chi connectivity index (χ4v) is 3.47. The molecule has 2 aromatic rings. The van der Waals surface area contributed by atoms with Crippen molar-refractivity contribution in [3.05, 3.63) is 74.0 Å². The number of para-hydroxylation sites is 1. The molecule has 0 unspecified atom stereocenters. The van der Waals surface area contributed by atoms with Crippen LogP contribution in [0.25, 0.3) is 0 Å². The van der Waals surface area contributed by atoms with E-state index in [2.05, 4.69) is 4.90 Å². The normalized spacial score (nSPS) is 15.0. The molecule has 1 saturated heterocycles. The fraction of sp³-hybridized carbons (Fsp3) is 0.316. The number of amides is 1. The number of benzene rings is 2. The van der Waals surface area contributed by atoms with Crippen molar-refractivity contribution in [2.24, 2.45) is 0 Å². The Hall–Kier alpha value is -2.51. The molecule has 0 bridgehead atoms. The molecule has 2 aromatic carbocycles. The molecule has 0 aliphatic carbocycles. The largest absolute Gasteiger partial charge is 0.336 e. The lowest BCUT2D eigenvalue weighted by molar-refractivity contribution is -0.385. The van der Waals surface area contributed by atoms with Crippen molar-refractivity contribution in [3.63, 3.8) is 0 Å². The van der Waals surface area contributed by atoms with E-state index < -0.39 is 4.92 Å². The van der Waals surface area contributed by atoms with Crippen LogP contribution >= 0.6 is 11.6 Å². The first kappa shape index (κ1) is 19.3. The summed E-state index contributed by atoms with van der Waals surface area (Å²) in [6, 6.07) is 9.09. The molecule has 1 heterocycles. The number of piperazine rings is 1. The predicted molar refractivity (Wildman–Crippen MR) is 100 cm³/mol. The van der Waals surface area contributed by atoms with Crippen LogP contribution < -0.4 is 0 Å². The third-order valence-corrected chi connectivity index (χ3v) is 5.07. The summed E-state index contributed by atoms with van der Waals surface area (Å²) in [6.07, 6.45) is 0. The van der Waals surface area contributed by atoms with Crippen molar-refractivity contribution < 1.29 is 14.1 Å². The lowest BCUT2D eigenvalue weighted by atomic mass is 10.1. The summed E-state index contributed by atoms with van der Waals surface area (Å²) in [4.78, 5) is 27.3. The maximum atomic E-state index is 13.2. The molecule has 27 heavy (non-hydrogen) atoms. The van der Waals surface area contributed by atoms with E-state index in [9.17, 15) is 19.3 Å². The zero-order valence-corrected chi connectivity index (χ0v) is 15.6. The number of nitro benzene ring substituents is 1. The number of rotatable bonds is 4. The topological polar surface area (TPSA) is 66.7 Å². The molecule has 0 radical (unpaired) electrons. The Balaban J connectivity index is 1.66.